The molecule has 1 heterocycles. The van der Waals surface area contributed by atoms with Crippen LogP contribution in [-0.4, -0.2) is 21.8 Å². The van der Waals surface area contributed by atoms with Crippen molar-refractivity contribution >= 4 is 29.9 Å². The topological polar surface area (TPSA) is 68.2 Å². The fourth-order valence-electron chi connectivity index (χ4n) is 1.99. The number of aryl methyl sites for hydroxylation is 1. The molecule has 2 aromatic rings. The zero-order chi connectivity index (χ0) is 15.2. The van der Waals surface area contributed by atoms with Crippen molar-refractivity contribution in [2.45, 2.75) is 39.8 Å². The first kappa shape index (κ1) is 18.5. The molecule has 1 atom stereocenters. The molecule has 1 aromatic heterocycles. The van der Waals surface area contributed by atoms with E-state index in [1.807, 2.05) is 48.1 Å². The van der Waals surface area contributed by atoms with E-state index in [0.717, 1.165) is 23.4 Å². The van der Waals surface area contributed by atoms with Crippen LogP contribution in [-0.2, 0) is 6.54 Å². The van der Waals surface area contributed by atoms with Gasteiger partial charge in [0.2, 0.25) is 0 Å². The molecular weight excluding hydrogens is 389 g/mol. The highest BCUT2D eigenvalue weighted by atomic mass is 127. The van der Waals surface area contributed by atoms with Crippen LogP contribution in [0.3, 0.4) is 0 Å². The Hall–Kier alpha value is -1.57. The van der Waals surface area contributed by atoms with Crippen molar-refractivity contribution in [2.75, 3.05) is 0 Å². The molecule has 0 aliphatic carbocycles. The zero-order valence-electron chi connectivity index (χ0n) is 13.3. The maximum absolute atomic E-state index is 5.91. The molecule has 0 radical (unpaired) electrons. The molecule has 0 amide bonds. The lowest BCUT2D eigenvalue weighted by Gasteiger charge is -2.12. The maximum Gasteiger partial charge on any atom is 0.189 e. The predicted octanol–water partition coefficient (Wildman–Crippen LogP) is 3.00. The molecule has 0 bridgehead atoms. The lowest BCUT2D eigenvalue weighted by atomic mass is 10.2. The highest BCUT2D eigenvalue weighted by Gasteiger charge is 2.05. The zero-order valence-corrected chi connectivity index (χ0v) is 15.6. The first-order chi connectivity index (χ1) is 10.1. The Kier molecular flexibility index (Phi) is 7.37. The molecule has 6 heteroatoms. The number of hydrogen-bond acceptors (Lipinski definition) is 2. The van der Waals surface area contributed by atoms with Gasteiger partial charge < -0.3 is 11.1 Å². The standard InChI is InChI=1S/C16H23N5.HI/c1-4-12(2)19-16(17)18-11-14-7-5-6-8-15(14)21-10-9-13(3)20-21;/h5-10,12H,4,11H2,1-3H3,(H3,17,18,19);1H. The van der Waals surface area contributed by atoms with E-state index in [1.165, 1.54) is 0 Å². The summed E-state index contributed by atoms with van der Waals surface area (Å²) in [4.78, 5) is 4.42. The molecule has 22 heavy (non-hydrogen) atoms. The molecule has 0 fully saturated rings. The molecule has 1 unspecified atom stereocenters. The van der Waals surface area contributed by atoms with Gasteiger partial charge in [-0.05, 0) is 38.0 Å². The first-order valence-corrected chi connectivity index (χ1v) is 7.27. The summed E-state index contributed by atoms with van der Waals surface area (Å²) in [6, 6.07) is 10.4. The van der Waals surface area contributed by atoms with Gasteiger partial charge in [0.1, 0.15) is 0 Å². The van der Waals surface area contributed by atoms with Crippen LogP contribution in [0.15, 0.2) is 41.5 Å². The van der Waals surface area contributed by atoms with Crippen molar-refractivity contribution in [1.29, 1.82) is 0 Å². The van der Waals surface area contributed by atoms with Crippen molar-refractivity contribution in [2.24, 2.45) is 10.7 Å². The number of nitrogens with zero attached hydrogens (tertiary/aromatic N) is 3. The third-order valence-electron chi connectivity index (χ3n) is 3.39. The second-order valence-electron chi connectivity index (χ2n) is 5.19. The molecule has 0 aliphatic rings. The number of aliphatic imine (C=N–C) groups is 1. The van der Waals surface area contributed by atoms with Crippen molar-refractivity contribution in [1.82, 2.24) is 15.1 Å². The highest BCUT2D eigenvalue weighted by molar-refractivity contribution is 14.0. The number of para-hydroxylation sites is 1. The fraction of sp³-hybridized carbons (Fsp3) is 0.375. The Labute approximate surface area is 149 Å². The molecule has 0 aliphatic heterocycles. The molecule has 1 aromatic carbocycles. The summed E-state index contributed by atoms with van der Waals surface area (Å²) in [5.41, 5.74) is 9.02. The van der Waals surface area contributed by atoms with Crippen LogP contribution in [0.4, 0.5) is 0 Å². The van der Waals surface area contributed by atoms with Crippen LogP contribution < -0.4 is 11.1 Å². The van der Waals surface area contributed by atoms with Gasteiger partial charge in [-0.3, -0.25) is 0 Å². The van der Waals surface area contributed by atoms with Crippen LogP contribution >= 0.6 is 24.0 Å². The summed E-state index contributed by atoms with van der Waals surface area (Å²) in [7, 11) is 0. The second kappa shape index (κ2) is 8.77. The van der Waals surface area contributed by atoms with E-state index in [1.54, 1.807) is 0 Å². The number of nitrogens with two attached hydrogens (primary N) is 1. The largest absolute Gasteiger partial charge is 0.370 e. The summed E-state index contributed by atoms with van der Waals surface area (Å²) >= 11 is 0. The third-order valence-corrected chi connectivity index (χ3v) is 3.39. The smallest absolute Gasteiger partial charge is 0.189 e. The summed E-state index contributed by atoms with van der Waals surface area (Å²) in [5.74, 6) is 0.482. The number of halogens is 1. The Bertz CT molecular complexity index is 621. The Morgan fingerprint density at radius 1 is 1.36 bits per heavy atom. The number of nitrogens with one attached hydrogen (secondary N) is 1. The van der Waals surface area contributed by atoms with E-state index in [4.69, 9.17) is 5.73 Å². The number of guanidine groups is 1. The highest BCUT2D eigenvalue weighted by Crippen LogP contribution is 2.15. The van der Waals surface area contributed by atoms with Crippen LogP contribution in [0, 0.1) is 6.92 Å². The maximum atomic E-state index is 5.91. The molecule has 0 saturated carbocycles. The monoisotopic (exact) mass is 413 g/mol. The van der Waals surface area contributed by atoms with E-state index >= 15 is 0 Å². The van der Waals surface area contributed by atoms with Gasteiger partial charge in [-0.2, -0.15) is 5.10 Å². The average molecular weight is 413 g/mol. The van der Waals surface area contributed by atoms with Gasteiger partial charge in [0.05, 0.1) is 17.9 Å². The van der Waals surface area contributed by atoms with Crippen molar-refractivity contribution in [3.8, 4) is 5.69 Å². The molecule has 5 nitrogen and oxygen atoms in total. The molecule has 120 valence electrons. The van der Waals surface area contributed by atoms with Crippen LogP contribution in [0.25, 0.3) is 5.69 Å². The Morgan fingerprint density at radius 3 is 2.73 bits per heavy atom. The summed E-state index contributed by atoms with van der Waals surface area (Å²) < 4.78 is 1.87. The Morgan fingerprint density at radius 2 is 2.09 bits per heavy atom. The fourth-order valence-corrected chi connectivity index (χ4v) is 1.99. The minimum Gasteiger partial charge on any atom is -0.370 e. The van der Waals surface area contributed by atoms with Gasteiger partial charge in [0.15, 0.2) is 5.96 Å². The minimum atomic E-state index is 0. The normalized spacial score (nSPS) is 12.6. The SMILES string of the molecule is CCC(C)NC(N)=NCc1ccccc1-n1ccc(C)n1.I. The van der Waals surface area contributed by atoms with Crippen molar-refractivity contribution in [3.63, 3.8) is 0 Å². The van der Waals surface area contributed by atoms with E-state index in [0.29, 0.717) is 18.5 Å². The predicted molar refractivity (Wildman–Crippen MR) is 102 cm³/mol. The van der Waals surface area contributed by atoms with E-state index in [-0.39, 0.29) is 24.0 Å². The van der Waals surface area contributed by atoms with Gasteiger partial charge in [0.25, 0.3) is 0 Å². The lowest BCUT2D eigenvalue weighted by Crippen LogP contribution is -2.38. The molecule has 0 spiro atoms. The molecular formula is C16H24IN5. The van der Waals surface area contributed by atoms with Crippen LogP contribution in [0.1, 0.15) is 31.5 Å². The summed E-state index contributed by atoms with van der Waals surface area (Å²) in [6.07, 6.45) is 2.97. The lowest BCUT2D eigenvalue weighted by molar-refractivity contribution is 0.636. The van der Waals surface area contributed by atoms with Crippen LogP contribution in [0.2, 0.25) is 0 Å². The second-order valence-corrected chi connectivity index (χ2v) is 5.19. The number of benzene rings is 1. The van der Waals surface area contributed by atoms with Crippen molar-refractivity contribution < 1.29 is 0 Å². The van der Waals surface area contributed by atoms with Gasteiger partial charge in [-0.1, -0.05) is 25.1 Å². The van der Waals surface area contributed by atoms with Gasteiger partial charge in [-0.15, -0.1) is 24.0 Å². The van der Waals surface area contributed by atoms with E-state index in [9.17, 15) is 0 Å². The molecule has 2 rings (SSSR count). The van der Waals surface area contributed by atoms with Gasteiger partial charge in [0, 0.05) is 12.2 Å². The number of rotatable bonds is 5. The van der Waals surface area contributed by atoms with Gasteiger partial charge in [-0.25, -0.2) is 9.67 Å². The average Bonchev–Trinajstić information content (AvgIpc) is 2.91. The van der Waals surface area contributed by atoms with Crippen molar-refractivity contribution in [3.05, 3.63) is 47.8 Å². The number of aromatic nitrogens is 2. The quantitative estimate of drug-likeness (QED) is 0.450. The van der Waals surface area contributed by atoms with E-state index < -0.39 is 0 Å². The summed E-state index contributed by atoms with van der Waals surface area (Å²) in [6.45, 7) is 6.71. The minimum absolute atomic E-state index is 0. The van der Waals surface area contributed by atoms with E-state index in [2.05, 4.69) is 29.3 Å². The van der Waals surface area contributed by atoms with Gasteiger partial charge >= 0.3 is 0 Å². The summed E-state index contributed by atoms with van der Waals surface area (Å²) in [5, 5.41) is 7.62. The third kappa shape index (κ3) is 5.01. The van der Waals surface area contributed by atoms with Crippen LogP contribution in [0.5, 0.6) is 0 Å². The number of hydrogen-bond donors (Lipinski definition) is 2. The Balaban J connectivity index is 0.00000242. The molecule has 0 saturated heterocycles. The first-order valence-electron chi connectivity index (χ1n) is 7.27. The molecule has 3 N–H and O–H groups in total.